The van der Waals surface area contributed by atoms with Gasteiger partial charge in [0.15, 0.2) is 5.13 Å². The molecule has 0 aliphatic heterocycles. The fourth-order valence-corrected chi connectivity index (χ4v) is 2.06. The van der Waals surface area contributed by atoms with Crippen LogP contribution in [0.15, 0.2) is 5.38 Å². The van der Waals surface area contributed by atoms with Crippen LogP contribution in [0.4, 0.5) is 5.13 Å². The molecule has 1 aromatic heterocycles. The van der Waals surface area contributed by atoms with Crippen LogP contribution in [0.3, 0.4) is 0 Å². The molecule has 80 valence electrons. The van der Waals surface area contributed by atoms with Gasteiger partial charge in [-0.05, 0) is 32.6 Å². The monoisotopic (exact) mass is 212 g/mol. The summed E-state index contributed by atoms with van der Waals surface area (Å²) in [5.74, 6) is 0.762. The molecule has 0 radical (unpaired) electrons. The van der Waals surface area contributed by atoms with Crippen LogP contribution in [0.1, 0.15) is 39.8 Å². The molecular weight excluding hydrogens is 192 g/mol. The fourth-order valence-electron chi connectivity index (χ4n) is 1.17. The summed E-state index contributed by atoms with van der Waals surface area (Å²) in [5, 5.41) is 6.53. The summed E-state index contributed by atoms with van der Waals surface area (Å²) < 4.78 is 0. The minimum Gasteiger partial charge on any atom is -0.359 e. The fraction of sp³-hybridized carbons (Fsp3) is 0.727. The van der Waals surface area contributed by atoms with Crippen molar-refractivity contribution in [2.75, 3.05) is 5.32 Å². The quantitative estimate of drug-likeness (QED) is 0.807. The van der Waals surface area contributed by atoms with Gasteiger partial charge >= 0.3 is 0 Å². The third kappa shape index (κ3) is 4.09. The molecular formula is C11H20N2S. The first-order chi connectivity index (χ1) is 6.58. The van der Waals surface area contributed by atoms with Crippen molar-refractivity contribution in [3.05, 3.63) is 11.1 Å². The highest BCUT2D eigenvalue weighted by Gasteiger charge is 2.03. The summed E-state index contributed by atoms with van der Waals surface area (Å²) in [5.41, 5.74) is 1.23. The second kappa shape index (κ2) is 5.35. The molecule has 1 rings (SSSR count). The van der Waals surface area contributed by atoms with Gasteiger partial charge in [-0.15, -0.1) is 11.3 Å². The predicted octanol–water partition coefficient (Wildman–Crippen LogP) is 3.55. The predicted molar refractivity (Wildman–Crippen MR) is 64.0 cm³/mol. The first kappa shape index (κ1) is 11.5. The molecule has 0 unspecified atom stereocenters. The summed E-state index contributed by atoms with van der Waals surface area (Å²) in [6, 6.07) is 0.471. The lowest BCUT2D eigenvalue weighted by Crippen LogP contribution is -2.09. The van der Waals surface area contributed by atoms with Crippen LogP contribution >= 0.6 is 11.3 Å². The van der Waals surface area contributed by atoms with Crippen molar-refractivity contribution in [2.24, 2.45) is 5.92 Å². The first-order valence-electron chi connectivity index (χ1n) is 5.29. The number of aromatic nitrogens is 1. The van der Waals surface area contributed by atoms with E-state index < -0.39 is 0 Å². The van der Waals surface area contributed by atoms with Gasteiger partial charge in [-0.3, -0.25) is 0 Å². The lowest BCUT2D eigenvalue weighted by molar-refractivity contribution is 0.582. The Hall–Kier alpha value is -0.570. The Morgan fingerprint density at radius 3 is 2.64 bits per heavy atom. The van der Waals surface area contributed by atoms with E-state index in [4.69, 9.17) is 0 Å². The zero-order valence-corrected chi connectivity index (χ0v) is 10.3. The first-order valence-corrected chi connectivity index (χ1v) is 6.17. The molecule has 0 aliphatic rings. The van der Waals surface area contributed by atoms with Crippen molar-refractivity contribution in [1.29, 1.82) is 0 Å². The molecule has 0 aliphatic carbocycles. The molecule has 1 N–H and O–H groups in total. The Morgan fingerprint density at radius 2 is 2.07 bits per heavy atom. The molecule has 0 spiro atoms. The number of nitrogens with one attached hydrogen (secondary N) is 1. The van der Waals surface area contributed by atoms with E-state index in [2.05, 4.69) is 43.4 Å². The van der Waals surface area contributed by atoms with Crippen molar-refractivity contribution in [2.45, 2.75) is 46.6 Å². The van der Waals surface area contributed by atoms with E-state index >= 15 is 0 Å². The van der Waals surface area contributed by atoms with E-state index in [0.29, 0.717) is 6.04 Å². The molecule has 1 heterocycles. The van der Waals surface area contributed by atoms with Gasteiger partial charge in [0.1, 0.15) is 0 Å². The highest BCUT2D eigenvalue weighted by molar-refractivity contribution is 7.13. The summed E-state index contributed by atoms with van der Waals surface area (Å²) in [6.45, 7) is 8.77. The SMILES string of the molecule is CC(C)CCc1csc(NC(C)C)n1. The summed E-state index contributed by atoms with van der Waals surface area (Å²) >= 11 is 1.71. The number of hydrogen-bond donors (Lipinski definition) is 1. The number of anilines is 1. The summed E-state index contributed by atoms with van der Waals surface area (Å²) in [7, 11) is 0. The van der Waals surface area contributed by atoms with Gasteiger partial charge in [0, 0.05) is 11.4 Å². The second-order valence-electron chi connectivity index (χ2n) is 4.38. The molecule has 0 bridgehead atoms. The van der Waals surface area contributed by atoms with Crippen LogP contribution in [-0.4, -0.2) is 11.0 Å². The van der Waals surface area contributed by atoms with Crippen molar-refractivity contribution in [3.8, 4) is 0 Å². The van der Waals surface area contributed by atoms with E-state index in [0.717, 1.165) is 17.5 Å². The minimum atomic E-state index is 0.471. The lowest BCUT2D eigenvalue weighted by atomic mass is 10.1. The third-order valence-corrected chi connectivity index (χ3v) is 2.76. The van der Waals surface area contributed by atoms with E-state index in [1.807, 2.05) is 0 Å². The average Bonchev–Trinajstić information content (AvgIpc) is 2.47. The molecule has 14 heavy (non-hydrogen) atoms. The molecule has 0 fully saturated rings. The summed E-state index contributed by atoms with van der Waals surface area (Å²) in [6.07, 6.45) is 2.33. The van der Waals surface area contributed by atoms with E-state index in [-0.39, 0.29) is 0 Å². The molecule has 0 atom stereocenters. The molecule has 2 nitrogen and oxygen atoms in total. The number of aryl methyl sites for hydroxylation is 1. The van der Waals surface area contributed by atoms with Gasteiger partial charge in [0.05, 0.1) is 5.69 Å². The molecule has 3 heteroatoms. The Bertz CT molecular complexity index is 266. The van der Waals surface area contributed by atoms with E-state index in [1.54, 1.807) is 11.3 Å². The minimum absolute atomic E-state index is 0.471. The van der Waals surface area contributed by atoms with Crippen molar-refractivity contribution in [1.82, 2.24) is 4.98 Å². The molecule has 0 saturated heterocycles. The number of rotatable bonds is 5. The normalized spacial score (nSPS) is 11.3. The van der Waals surface area contributed by atoms with E-state index in [1.165, 1.54) is 12.1 Å². The van der Waals surface area contributed by atoms with Crippen LogP contribution in [0.5, 0.6) is 0 Å². The highest BCUT2D eigenvalue weighted by Crippen LogP contribution is 2.18. The topological polar surface area (TPSA) is 24.9 Å². The lowest BCUT2D eigenvalue weighted by Gasteiger charge is -2.04. The van der Waals surface area contributed by atoms with Crippen molar-refractivity contribution < 1.29 is 0 Å². The van der Waals surface area contributed by atoms with Crippen LogP contribution in [0.25, 0.3) is 0 Å². The molecule has 1 aromatic rings. The zero-order chi connectivity index (χ0) is 10.6. The Morgan fingerprint density at radius 1 is 1.36 bits per heavy atom. The summed E-state index contributed by atoms with van der Waals surface area (Å²) in [4.78, 5) is 4.53. The third-order valence-electron chi connectivity index (χ3n) is 1.94. The number of hydrogen-bond acceptors (Lipinski definition) is 3. The highest BCUT2D eigenvalue weighted by atomic mass is 32.1. The Kier molecular flexibility index (Phi) is 4.39. The average molecular weight is 212 g/mol. The smallest absolute Gasteiger partial charge is 0.183 e. The van der Waals surface area contributed by atoms with Crippen LogP contribution < -0.4 is 5.32 Å². The van der Waals surface area contributed by atoms with Gasteiger partial charge in [-0.2, -0.15) is 0 Å². The second-order valence-corrected chi connectivity index (χ2v) is 5.23. The van der Waals surface area contributed by atoms with E-state index in [9.17, 15) is 0 Å². The maximum absolute atomic E-state index is 4.53. The van der Waals surface area contributed by atoms with Crippen molar-refractivity contribution >= 4 is 16.5 Å². The molecule has 0 saturated carbocycles. The van der Waals surface area contributed by atoms with Gasteiger partial charge in [-0.1, -0.05) is 13.8 Å². The van der Waals surface area contributed by atoms with Gasteiger partial charge in [-0.25, -0.2) is 4.98 Å². The number of thiazole rings is 1. The largest absolute Gasteiger partial charge is 0.359 e. The Labute approximate surface area is 90.8 Å². The standard InChI is InChI=1S/C11H20N2S/c1-8(2)5-6-10-7-14-11(13-10)12-9(3)4/h7-9H,5-6H2,1-4H3,(H,12,13). The molecule has 0 amide bonds. The zero-order valence-electron chi connectivity index (χ0n) is 9.50. The van der Waals surface area contributed by atoms with Gasteiger partial charge in [0.2, 0.25) is 0 Å². The Balaban J connectivity index is 2.42. The van der Waals surface area contributed by atoms with Crippen LogP contribution in [0, 0.1) is 5.92 Å². The van der Waals surface area contributed by atoms with Gasteiger partial charge in [0.25, 0.3) is 0 Å². The van der Waals surface area contributed by atoms with Crippen LogP contribution in [-0.2, 0) is 6.42 Å². The van der Waals surface area contributed by atoms with Gasteiger partial charge < -0.3 is 5.32 Å². The van der Waals surface area contributed by atoms with Crippen molar-refractivity contribution in [3.63, 3.8) is 0 Å². The maximum Gasteiger partial charge on any atom is 0.183 e. The van der Waals surface area contributed by atoms with Crippen LogP contribution in [0.2, 0.25) is 0 Å². The maximum atomic E-state index is 4.53. The molecule has 0 aromatic carbocycles. The number of nitrogens with zero attached hydrogens (tertiary/aromatic N) is 1.